The van der Waals surface area contributed by atoms with Crippen LogP contribution >= 0.6 is 0 Å². The van der Waals surface area contributed by atoms with Crippen molar-refractivity contribution in [3.05, 3.63) is 0 Å². The maximum atomic E-state index is 12.0. The minimum Gasteiger partial charge on any atom is -0.741 e. The third kappa shape index (κ3) is 6.55. The van der Waals surface area contributed by atoms with Crippen LogP contribution in [0, 0.1) is 0 Å². The average molecular weight is 390 g/mol. The van der Waals surface area contributed by atoms with Crippen molar-refractivity contribution in [3.63, 3.8) is 0 Å². The van der Waals surface area contributed by atoms with Crippen molar-refractivity contribution in [1.29, 1.82) is 0 Å². The lowest BCUT2D eigenvalue weighted by Crippen LogP contribution is -2.41. The Bertz CT molecular complexity index is 499. The van der Waals surface area contributed by atoms with Crippen molar-refractivity contribution in [1.82, 2.24) is 0 Å². The Kier molecular flexibility index (Phi) is 8.55. The van der Waals surface area contributed by atoms with E-state index in [1.807, 2.05) is 0 Å². The van der Waals surface area contributed by atoms with Gasteiger partial charge in [0, 0.05) is 23.7 Å². The van der Waals surface area contributed by atoms with Gasteiger partial charge in [0.1, 0.15) is 11.0 Å². The largest absolute Gasteiger partial charge is 0.741 e. The summed E-state index contributed by atoms with van der Waals surface area (Å²) < 4.78 is 58.9. The topological polar surface area (TPSA) is 74.3 Å². The van der Waals surface area contributed by atoms with Crippen LogP contribution < -0.4 is 0 Å². The van der Waals surface area contributed by atoms with Crippen LogP contribution in [0.25, 0.3) is 0 Å². The molecule has 9 heteroatoms. The number of hydrogen-bond acceptors (Lipinski definition) is 4. The number of ketones is 1. The Labute approximate surface area is 144 Å². The van der Waals surface area contributed by atoms with Gasteiger partial charge in [-0.2, -0.15) is 13.2 Å². The fourth-order valence-corrected chi connectivity index (χ4v) is 6.51. The minimum absolute atomic E-state index is 0.416. The van der Waals surface area contributed by atoms with E-state index in [2.05, 4.69) is 6.92 Å². The minimum atomic E-state index is -6.09. The molecule has 24 heavy (non-hydrogen) atoms. The summed E-state index contributed by atoms with van der Waals surface area (Å²) in [6.07, 6.45) is 11.6. The van der Waals surface area contributed by atoms with Gasteiger partial charge in [0.2, 0.25) is 0 Å². The van der Waals surface area contributed by atoms with Gasteiger partial charge in [0.15, 0.2) is 21.2 Å². The number of hydrogen-bond donors (Lipinski definition) is 0. The molecule has 0 aromatic carbocycles. The molecule has 2 fully saturated rings. The molecule has 0 bridgehead atoms. The summed E-state index contributed by atoms with van der Waals surface area (Å²) in [5.41, 5.74) is -5.65. The second-order valence-electron chi connectivity index (χ2n) is 6.12. The summed E-state index contributed by atoms with van der Waals surface area (Å²) in [4.78, 5) is 12.0. The van der Waals surface area contributed by atoms with Crippen molar-refractivity contribution in [2.45, 2.75) is 80.7 Å². The molecule has 0 aliphatic heterocycles. The van der Waals surface area contributed by atoms with E-state index in [9.17, 15) is 18.0 Å². The van der Waals surface area contributed by atoms with Crippen LogP contribution in [-0.2, 0) is 25.8 Å². The molecule has 2 saturated carbocycles. The van der Waals surface area contributed by atoms with Crippen LogP contribution in [0.3, 0.4) is 0 Å². The fraction of sp³-hybridized carbons (Fsp3) is 0.933. The summed E-state index contributed by atoms with van der Waals surface area (Å²) in [6, 6.07) is 0. The van der Waals surface area contributed by atoms with Crippen LogP contribution in [0.1, 0.15) is 64.7 Å². The molecule has 0 heterocycles. The monoisotopic (exact) mass is 390 g/mol. The highest BCUT2D eigenvalue weighted by Crippen LogP contribution is 2.32. The van der Waals surface area contributed by atoms with Gasteiger partial charge in [-0.1, -0.05) is 6.42 Å². The summed E-state index contributed by atoms with van der Waals surface area (Å²) in [7, 11) is -5.67. The molecular weight excluding hydrogens is 365 g/mol. The van der Waals surface area contributed by atoms with Gasteiger partial charge in [-0.25, -0.2) is 8.42 Å². The van der Waals surface area contributed by atoms with Crippen LogP contribution in [0.5, 0.6) is 0 Å². The molecule has 2 rings (SSSR count). The molecule has 0 N–H and O–H groups in total. The maximum absolute atomic E-state index is 12.0. The zero-order valence-corrected chi connectivity index (χ0v) is 15.4. The highest BCUT2D eigenvalue weighted by molar-refractivity contribution is 7.98. The van der Waals surface area contributed by atoms with E-state index in [0.717, 1.165) is 18.1 Å². The molecular formula is C15H25F3O4S2. The molecule has 0 spiro atoms. The zero-order valence-electron chi connectivity index (χ0n) is 13.8. The van der Waals surface area contributed by atoms with Crippen LogP contribution in [0.2, 0.25) is 0 Å². The van der Waals surface area contributed by atoms with Crippen molar-refractivity contribution in [3.8, 4) is 0 Å². The molecule has 142 valence electrons. The summed E-state index contributed by atoms with van der Waals surface area (Å²) >= 11 is 0. The molecule has 2 aliphatic rings. The van der Waals surface area contributed by atoms with Gasteiger partial charge < -0.3 is 4.55 Å². The van der Waals surface area contributed by atoms with E-state index >= 15 is 0 Å². The summed E-state index contributed by atoms with van der Waals surface area (Å²) in [5, 5.41) is 1.35. The van der Waals surface area contributed by atoms with E-state index < -0.39 is 15.6 Å². The van der Waals surface area contributed by atoms with E-state index in [1.165, 1.54) is 50.7 Å². The Morgan fingerprint density at radius 3 is 2.00 bits per heavy atom. The van der Waals surface area contributed by atoms with Gasteiger partial charge in [0.25, 0.3) is 0 Å². The molecule has 0 saturated heterocycles. The normalized spacial score (nSPS) is 24.9. The average Bonchev–Trinajstić information content (AvgIpc) is 2.50. The number of rotatable bonds is 3. The first-order valence-corrected chi connectivity index (χ1v) is 11.2. The lowest BCUT2D eigenvalue weighted by Gasteiger charge is -2.29. The van der Waals surface area contributed by atoms with Gasteiger partial charge in [0.05, 0.1) is 0 Å². The third-order valence-electron chi connectivity index (χ3n) is 4.46. The number of halogens is 3. The fourth-order valence-electron chi connectivity index (χ4n) is 3.31. The van der Waals surface area contributed by atoms with Crippen LogP contribution in [-0.4, -0.2) is 40.5 Å². The maximum Gasteiger partial charge on any atom is 0.485 e. The second kappa shape index (κ2) is 9.43. The Morgan fingerprint density at radius 2 is 1.58 bits per heavy atom. The predicted molar refractivity (Wildman–Crippen MR) is 87.8 cm³/mol. The first kappa shape index (κ1) is 21.8. The summed E-state index contributed by atoms with van der Waals surface area (Å²) in [6.45, 7) is 2.31. The molecule has 2 aliphatic carbocycles. The van der Waals surface area contributed by atoms with Gasteiger partial charge in [-0.3, -0.25) is 4.79 Å². The van der Waals surface area contributed by atoms with Gasteiger partial charge >= 0.3 is 5.51 Å². The molecule has 2 atom stereocenters. The molecule has 4 nitrogen and oxygen atoms in total. The standard InChI is InChI=1S/C14H25OS.CHF3O3S/c1-2-16(12-8-4-3-5-9-12)14-11-7-6-10-13(14)15;2-1(3,4)8(5,6)7/h12,14H,2-11H2,1H3;(H,5,6,7)/q+1;/p-1. The quantitative estimate of drug-likeness (QED) is 0.420. The molecule has 0 aromatic heterocycles. The predicted octanol–water partition coefficient (Wildman–Crippen LogP) is 3.52. The smallest absolute Gasteiger partial charge is 0.485 e. The van der Waals surface area contributed by atoms with Crippen molar-refractivity contribution >= 4 is 26.8 Å². The highest BCUT2D eigenvalue weighted by Gasteiger charge is 2.42. The Balaban J connectivity index is 0.000000307. The lowest BCUT2D eigenvalue weighted by molar-refractivity contribution is -0.119. The Hall–Kier alpha value is -0.280. The molecule has 0 aromatic rings. The zero-order chi connectivity index (χ0) is 18.4. The number of alkyl halides is 3. The van der Waals surface area contributed by atoms with Crippen LogP contribution in [0.4, 0.5) is 13.2 Å². The lowest BCUT2D eigenvalue weighted by atomic mass is 9.99. The number of carbonyl (C=O) groups is 1. The molecule has 2 unspecified atom stereocenters. The number of Topliss-reactive ketones (excluding diaryl/α,β-unsaturated/α-hetero) is 1. The SMILES string of the molecule is CC[S+](C1CCCCC1)C1CCCCC1=O.O=S(=O)([O-])C(F)(F)F. The van der Waals surface area contributed by atoms with E-state index in [4.69, 9.17) is 13.0 Å². The van der Waals surface area contributed by atoms with E-state index in [-0.39, 0.29) is 0 Å². The van der Waals surface area contributed by atoms with Crippen LogP contribution in [0.15, 0.2) is 0 Å². The van der Waals surface area contributed by atoms with Crippen molar-refractivity contribution < 1.29 is 30.9 Å². The summed E-state index contributed by atoms with van der Waals surface area (Å²) in [5.74, 6) is 1.85. The van der Waals surface area contributed by atoms with Gasteiger partial charge in [-0.05, 0) is 45.4 Å². The van der Waals surface area contributed by atoms with E-state index in [1.54, 1.807) is 0 Å². The van der Waals surface area contributed by atoms with E-state index in [0.29, 0.717) is 21.9 Å². The molecule has 0 radical (unpaired) electrons. The number of carbonyl (C=O) groups excluding carboxylic acids is 1. The van der Waals surface area contributed by atoms with Crippen molar-refractivity contribution in [2.24, 2.45) is 0 Å². The third-order valence-corrected chi connectivity index (χ3v) is 8.25. The first-order valence-electron chi connectivity index (χ1n) is 8.31. The van der Waals surface area contributed by atoms with Gasteiger partial charge in [-0.15, -0.1) is 0 Å². The highest BCUT2D eigenvalue weighted by atomic mass is 32.2. The second-order valence-corrected chi connectivity index (χ2v) is 10.2. The molecule has 0 amide bonds. The van der Waals surface area contributed by atoms with Crippen molar-refractivity contribution in [2.75, 3.05) is 5.75 Å². The first-order chi connectivity index (χ1) is 11.1. The Morgan fingerprint density at radius 1 is 1.08 bits per heavy atom.